The van der Waals surface area contributed by atoms with Gasteiger partial charge in [-0.05, 0) is 96.4 Å². The summed E-state index contributed by atoms with van der Waals surface area (Å²) in [5, 5.41) is 3.49. The fourth-order valence-corrected chi connectivity index (χ4v) is 7.78. The number of aromatic nitrogens is 2. The van der Waals surface area contributed by atoms with Crippen LogP contribution in [0, 0.1) is 45.2 Å². The molecule has 4 aromatic heterocycles. The zero-order valence-corrected chi connectivity index (χ0v) is 32.8. The van der Waals surface area contributed by atoms with Gasteiger partial charge < -0.3 is 14.4 Å². The Morgan fingerprint density at radius 1 is 0.740 bits per heavy atom. The van der Waals surface area contributed by atoms with Crippen molar-refractivity contribution in [2.75, 3.05) is 0 Å². The Hall–Kier alpha value is -4.41. The molecule has 0 N–H and O–H groups in total. The van der Waals surface area contributed by atoms with Gasteiger partial charge in [-0.15, -0.1) is 65.4 Å². The molecule has 0 aliphatic heterocycles. The number of pyridine rings is 2. The van der Waals surface area contributed by atoms with Crippen molar-refractivity contribution < 1.29 is 24.5 Å². The van der Waals surface area contributed by atoms with E-state index in [-0.39, 0.29) is 25.5 Å². The van der Waals surface area contributed by atoms with Crippen LogP contribution < -0.4 is 0 Å². The van der Waals surface area contributed by atoms with Gasteiger partial charge in [0.25, 0.3) is 0 Å². The maximum Gasteiger partial charge on any atom is 0.129 e. The molecule has 0 atom stereocenters. The average molecular weight is 849 g/mol. The second-order valence-electron chi connectivity index (χ2n) is 14.0. The summed E-state index contributed by atoms with van der Waals surface area (Å²) in [5.74, 6) is 0. The molecular formula is C45H40IrN2OS-2. The molecule has 3 nitrogen and oxygen atoms in total. The number of aryl methyl sites for hydroxylation is 4. The molecule has 0 amide bonds. The summed E-state index contributed by atoms with van der Waals surface area (Å²) >= 11 is 1.83. The number of benzene rings is 4. The molecule has 0 saturated heterocycles. The van der Waals surface area contributed by atoms with Crippen LogP contribution in [0.15, 0.2) is 108 Å². The van der Waals surface area contributed by atoms with Crippen LogP contribution in [-0.4, -0.2) is 9.97 Å². The molecule has 0 spiro atoms. The number of fused-ring (bicyclic) bond motifs is 5. The summed E-state index contributed by atoms with van der Waals surface area (Å²) in [6.07, 6.45) is 4.81. The molecule has 0 bridgehead atoms. The first-order chi connectivity index (χ1) is 23.6. The summed E-state index contributed by atoms with van der Waals surface area (Å²) in [6, 6.07) is 37.6. The summed E-state index contributed by atoms with van der Waals surface area (Å²) < 4.78 is 7.96. The smallest absolute Gasteiger partial charge is 0.129 e. The molecule has 0 fully saturated rings. The molecule has 253 valence electrons. The average Bonchev–Trinajstić information content (AvgIpc) is 3.62. The van der Waals surface area contributed by atoms with Crippen LogP contribution in [-0.2, 0) is 26.5 Å². The Bertz CT molecular complexity index is 2380. The molecule has 5 heteroatoms. The Balaban J connectivity index is 0.000000281. The van der Waals surface area contributed by atoms with E-state index in [2.05, 4.69) is 114 Å². The normalized spacial score (nSPS) is 11.4. The zero-order chi connectivity index (χ0) is 34.3. The van der Waals surface area contributed by atoms with E-state index in [1.807, 2.05) is 59.9 Å². The summed E-state index contributed by atoms with van der Waals surface area (Å²) in [4.78, 5) is 10.5. The van der Waals surface area contributed by atoms with Crippen molar-refractivity contribution in [3.05, 3.63) is 143 Å². The monoisotopic (exact) mass is 849 g/mol. The quantitative estimate of drug-likeness (QED) is 0.166. The van der Waals surface area contributed by atoms with Gasteiger partial charge in [0.1, 0.15) is 5.58 Å². The van der Waals surface area contributed by atoms with Gasteiger partial charge in [-0.25, -0.2) is 0 Å². The largest absolute Gasteiger partial charge is 0.500 e. The van der Waals surface area contributed by atoms with E-state index in [1.165, 1.54) is 48.3 Å². The fraction of sp³-hybridized carbons (Fsp3) is 0.200. The molecule has 8 rings (SSSR count). The summed E-state index contributed by atoms with van der Waals surface area (Å²) in [5.41, 5.74) is 13.5. The third kappa shape index (κ3) is 6.96. The maximum absolute atomic E-state index is 6.68. The van der Waals surface area contributed by atoms with Crippen LogP contribution in [0.2, 0.25) is 0 Å². The van der Waals surface area contributed by atoms with E-state index in [0.717, 1.165) is 50.9 Å². The molecule has 4 aromatic carbocycles. The Kier molecular flexibility index (Phi) is 10.2. The molecule has 0 aliphatic rings. The Morgan fingerprint density at radius 2 is 1.50 bits per heavy atom. The molecule has 0 saturated carbocycles. The predicted molar refractivity (Wildman–Crippen MR) is 207 cm³/mol. The summed E-state index contributed by atoms with van der Waals surface area (Å²) in [7, 11) is 0. The molecular weight excluding hydrogens is 809 g/mol. The molecule has 50 heavy (non-hydrogen) atoms. The Morgan fingerprint density at radius 3 is 2.20 bits per heavy atom. The third-order valence-electron chi connectivity index (χ3n) is 9.09. The maximum atomic E-state index is 6.68. The van der Waals surface area contributed by atoms with Gasteiger partial charge in [-0.2, -0.15) is 0 Å². The number of furan rings is 1. The fourth-order valence-electron chi connectivity index (χ4n) is 6.71. The van der Waals surface area contributed by atoms with Crippen LogP contribution in [0.1, 0.15) is 47.9 Å². The first-order valence-corrected chi connectivity index (χ1v) is 17.6. The number of hydrogen-bond donors (Lipinski definition) is 0. The minimum absolute atomic E-state index is 0. The number of hydrogen-bond acceptors (Lipinski definition) is 4. The summed E-state index contributed by atoms with van der Waals surface area (Å²) in [6.45, 7) is 15.6. The topological polar surface area (TPSA) is 38.9 Å². The van der Waals surface area contributed by atoms with E-state index in [9.17, 15) is 0 Å². The first-order valence-electron chi connectivity index (χ1n) is 16.8. The third-order valence-corrected chi connectivity index (χ3v) is 10.3. The van der Waals surface area contributed by atoms with Crippen LogP contribution >= 0.6 is 11.3 Å². The van der Waals surface area contributed by atoms with Gasteiger partial charge in [0.05, 0.1) is 5.58 Å². The first kappa shape index (κ1) is 35.4. The number of rotatable bonds is 4. The molecule has 4 heterocycles. The Labute approximate surface area is 312 Å². The molecule has 1 radical (unpaired) electrons. The van der Waals surface area contributed by atoms with Crippen LogP contribution in [0.25, 0.3) is 65.7 Å². The van der Waals surface area contributed by atoms with E-state index in [4.69, 9.17) is 9.40 Å². The van der Waals surface area contributed by atoms with Gasteiger partial charge in [0, 0.05) is 52.8 Å². The van der Waals surface area contributed by atoms with Gasteiger partial charge in [0.2, 0.25) is 0 Å². The van der Waals surface area contributed by atoms with Gasteiger partial charge in [0.15, 0.2) is 0 Å². The van der Waals surface area contributed by atoms with E-state index in [1.54, 1.807) is 6.20 Å². The van der Waals surface area contributed by atoms with Crippen molar-refractivity contribution in [2.24, 2.45) is 5.41 Å². The second-order valence-corrected chi connectivity index (χ2v) is 15.3. The standard InChI is InChI=1S/C34H32NOS.C11H8N.Ir/c1-19-10-8-11-20(2)30(19)27-16-28(35-18-23(27)17-34(5,6)7)26-13-9-12-24-25-14-15-29-31(21(3)22(4)37-29)33(25)36-32(24)26;1-2-6-10(7-3-1)11-8-4-5-9-12-11;/h8-12,14-16,18H,17H2,1-7H3;1-6,8-9H;/q2*-1;. The van der Waals surface area contributed by atoms with Crippen LogP contribution in [0.5, 0.6) is 0 Å². The van der Waals surface area contributed by atoms with E-state index >= 15 is 0 Å². The molecule has 0 unspecified atom stereocenters. The van der Waals surface area contributed by atoms with Crippen molar-refractivity contribution in [3.8, 4) is 33.6 Å². The zero-order valence-electron chi connectivity index (χ0n) is 29.6. The van der Waals surface area contributed by atoms with Crippen molar-refractivity contribution in [1.82, 2.24) is 9.97 Å². The van der Waals surface area contributed by atoms with Gasteiger partial charge in [-0.1, -0.05) is 74.2 Å². The number of nitrogens with zero attached hydrogens (tertiary/aromatic N) is 2. The SMILES string of the molecule is Cc1cccc(C)c1-c1cc(-c2[c-]ccc3c2oc2c3ccc3sc(C)c(C)c32)ncc1CC(C)(C)C.[Ir].[c-]1ccccc1-c1ccccn1. The number of thiophene rings is 1. The van der Waals surface area contributed by atoms with Crippen molar-refractivity contribution in [2.45, 2.75) is 54.9 Å². The van der Waals surface area contributed by atoms with Gasteiger partial charge in [-0.3, -0.25) is 0 Å². The van der Waals surface area contributed by atoms with Crippen molar-refractivity contribution in [3.63, 3.8) is 0 Å². The van der Waals surface area contributed by atoms with E-state index in [0.29, 0.717) is 0 Å². The second kappa shape index (κ2) is 14.4. The predicted octanol–water partition coefficient (Wildman–Crippen LogP) is 12.7. The van der Waals surface area contributed by atoms with E-state index < -0.39 is 0 Å². The van der Waals surface area contributed by atoms with Gasteiger partial charge >= 0.3 is 0 Å². The minimum atomic E-state index is 0. The van der Waals surface area contributed by atoms with Crippen LogP contribution in [0.3, 0.4) is 0 Å². The van der Waals surface area contributed by atoms with Crippen molar-refractivity contribution >= 4 is 43.4 Å². The molecule has 8 aromatic rings. The molecule has 0 aliphatic carbocycles. The van der Waals surface area contributed by atoms with Crippen molar-refractivity contribution in [1.29, 1.82) is 0 Å². The minimum Gasteiger partial charge on any atom is -0.500 e. The van der Waals surface area contributed by atoms with Crippen LogP contribution in [0.4, 0.5) is 0 Å².